The largest absolute Gasteiger partial charge is 0.391 e. The number of pyridine rings is 1. The first kappa shape index (κ1) is 13.2. The van der Waals surface area contributed by atoms with Crippen LogP contribution in [0.1, 0.15) is 18.5 Å². The first-order chi connectivity index (χ1) is 9.56. The number of benzene rings is 1. The van der Waals surface area contributed by atoms with Crippen molar-refractivity contribution < 1.29 is 13.9 Å². The summed E-state index contributed by atoms with van der Waals surface area (Å²) in [6, 6.07) is 4.53. The maximum Gasteiger partial charge on any atom is 0.185 e. The van der Waals surface area contributed by atoms with Crippen molar-refractivity contribution in [2.45, 2.75) is 25.9 Å². The van der Waals surface area contributed by atoms with Gasteiger partial charge >= 0.3 is 0 Å². The fourth-order valence-electron chi connectivity index (χ4n) is 2.78. The second-order valence-corrected chi connectivity index (χ2v) is 5.28. The van der Waals surface area contributed by atoms with Crippen LogP contribution < -0.4 is 4.90 Å². The molecule has 1 saturated heterocycles. The molecule has 2 heterocycles. The second-order valence-electron chi connectivity index (χ2n) is 5.28. The van der Waals surface area contributed by atoms with Crippen LogP contribution in [0, 0.1) is 18.6 Å². The van der Waals surface area contributed by atoms with Crippen LogP contribution in [0.3, 0.4) is 0 Å². The number of fused-ring (bicyclic) bond motifs is 1. The Morgan fingerprint density at radius 2 is 2.15 bits per heavy atom. The van der Waals surface area contributed by atoms with Gasteiger partial charge < -0.3 is 10.0 Å². The van der Waals surface area contributed by atoms with E-state index in [4.69, 9.17) is 0 Å². The quantitative estimate of drug-likeness (QED) is 0.871. The predicted octanol–water partition coefficient (Wildman–Crippen LogP) is 2.78. The molecule has 2 aromatic rings. The normalized spacial score (nSPS) is 19.6. The molecular weight excluding hydrogens is 262 g/mol. The molecule has 0 amide bonds. The Bertz CT molecular complexity index is 660. The zero-order valence-corrected chi connectivity index (χ0v) is 11.2. The van der Waals surface area contributed by atoms with Gasteiger partial charge in [-0.15, -0.1) is 0 Å². The average molecular weight is 278 g/mol. The van der Waals surface area contributed by atoms with Crippen LogP contribution in [-0.2, 0) is 0 Å². The highest BCUT2D eigenvalue weighted by molar-refractivity contribution is 5.92. The summed E-state index contributed by atoms with van der Waals surface area (Å²) < 4.78 is 27.2. The Morgan fingerprint density at radius 3 is 2.90 bits per heavy atom. The van der Waals surface area contributed by atoms with E-state index >= 15 is 0 Å². The SMILES string of the molecule is Cc1cc(N2CCCC(O)C2)c2ccc(F)c(F)c2n1. The lowest BCUT2D eigenvalue weighted by molar-refractivity contribution is 0.154. The molecule has 1 unspecified atom stereocenters. The van der Waals surface area contributed by atoms with E-state index in [1.54, 1.807) is 13.0 Å². The van der Waals surface area contributed by atoms with Crippen molar-refractivity contribution in [3.63, 3.8) is 0 Å². The van der Waals surface area contributed by atoms with Crippen LogP contribution in [0.4, 0.5) is 14.5 Å². The Hall–Kier alpha value is -1.75. The Balaban J connectivity index is 2.17. The summed E-state index contributed by atoms with van der Waals surface area (Å²) in [5.41, 5.74) is 1.50. The number of nitrogens with zero attached hydrogens (tertiary/aromatic N) is 2. The van der Waals surface area contributed by atoms with Crippen molar-refractivity contribution in [2.75, 3.05) is 18.0 Å². The minimum atomic E-state index is -0.912. The summed E-state index contributed by atoms with van der Waals surface area (Å²) in [5.74, 6) is -1.80. The minimum absolute atomic E-state index is 0.0556. The van der Waals surface area contributed by atoms with E-state index in [1.807, 2.05) is 11.0 Å². The third kappa shape index (κ3) is 2.22. The maximum atomic E-state index is 13.9. The standard InChI is InChI=1S/C15H16F2N2O/c1-9-7-13(19-6-2-3-10(20)8-19)11-4-5-12(16)14(17)15(11)18-9/h4-5,7,10,20H,2-3,6,8H2,1H3. The Labute approximate surface area is 115 Å². The molecular formula is C15H16F2N2O. The van der Waals surface area contributed by atoms with E-state index < -0.39 is 11.6 Å². The van der Waals surface area contributed by atoms with Crippen molar-refractivity contribution in [3.8, 4) is 0 Å². The summed E-state index contributed by atoms with van der Waals surface area (Å²) in [6.45, 7) is 3.07. The number of aliphatic hydroxyl groups excluding tert-OH is 1. The van der Waals surface area contributed by atoms with Gasteiger partial charge in [0.25, 0.3) is 0 Å². The number of piperidine rings is 1. The molecule has 0 spiro atoms. The van der Waals surface area contributed by atoms with Crippen molar-refractivity contribution in [3.05, 3.63) is 35.5 Å². The second kappa shape index (κ2) is 4.98. The van der Waals surface area contributed by atoms with Crippen LogP contribution >= 0.6 is 0 Å². The zero-order valence-electron chi connectivity index (χ0n) is 11.2. The highest BCUT2D eigenvalue weighted by atomic mass is 19.2. The van der Waals surface area contributed by atoms with Gasteiger partial charge in [-0.25, -0.2) is 13.8 Å². The first-order valence-corrected chi connectivity index (χ1v) is 6.74. The van der Waals surface area contributed by atoms with Crippen molar-refractivity contribution in [1.29, 1.82) is 0 Å². The topological polar surface area (TPSA) is 36.4 Å². The zero-order chi connectivity index (χ0) is 14.3. The molecule has 0 radical (unpaired) electrons. The van der Waals surface area contributed by atoms with E-state index in [2.05, 4.69) is 4.98 Å². The lowest BCUT2D eigenvalue weighted by atomic mass is 10.1. The van der Waals surface area contributed by atoms with Crippen LogP contribution in [0.15, 0.2) is 18.2 Å². The molecule has 1 fully saturated rings. The average Bonchev–Trinajstić information content (AvgIpc) is 2.43. The maximum absolute atomic E-state index is 13.9. The smallest absolute Gasteiger partial charge is 0.185 e. The van der Waals surface area contributed by atoms with Crippen LogP contribution in [0.2, 0.25) is 0 Å². The van der Waals surface area contributed by atoms with Gasteiger partial charge in [0.2, 0.25) is 0 Å². The third-order valence-electron chi connectivity index (χ3n) is 3.72. The molecule has 1 aliphatic heterocycles. The van der Waals surface area contributed by atoms with Gasteiger partial charge in [0.1, 0.15) is 5.52 Å². The van der Waals surface area contributed by atoms with Crippen LogP contribution in [0.25, 0.3) is 10.9 Å². The number of β-amino-alcohol motifs (C(OH)–C–C–N with tert-alkyl or cyclic N) is 1. The summed E-state index contributed by atoms with van der Waals surface area (Å²) in [5, 5.41) is 10.4. The Morgan fingerprint density at radius 1 is 1.35 bits per heavy atom. The van der Waals surface area contributed by atoms with Gasteiger partial charge in [-0.05, 0) is 38.0 Å². The van der Waals surface area contributed by atoms with Gasteiger partial charge in [0.05, 0.1) is 6.10 Å². The summed E-state index contributed by atoms with van der Waals surface area (Å²) in [4.78, 5) is 6.12. The van der Waals surface area contributed by atoms with Gasteiger partial charge in [-0.2, -0.15) is 0 Å². The number of rotatable bonds is 1. The molecule has 1 aromatic carbocycles. The molecule has 20 heavy (non-hydrogen) atoms. The lowest BCUT2D eigenvalue weighted by Crippen LogP contribution is -2.38. The number of aryl methyl sites for hydroxylation is 1. The van der Waals surface area contributed by atoms with E-state index in [-0.39, 0.29) is 11.6 Å². The van der Waals surface area contributed by atoms with Gasteiger partial charge in [0, 0.05) is 29.9 Å². The number of aliphatic hydroxyl groups is 1. The summed E-state index contributed by atoms with van der Waals surface area (Å²) >= 11 is 0. The third-order valence-corrected chi connectivity index (χ3v) is 3.72. The first-order valence-electron chi connectivity index (χ1n) is 6.74. The molecule has 0 saturated carbocycles. The molecule has 106 valence electrons. The van der Waals surface area contributed by atoms with Crippen LogP contribution in [-0.4, -0.2) is 29.3 Å². The van der Waals surface area contributed by atoms with E-state index in [0.717, 1.165) is 31.1 Å². The van der Waals surface area contributed by atoms with Crippen molar-refractivity contribution >= 4 is 16.6 Å². The highest BCUT2D eigenvalue weighted by Crippen LogP contribution is 2.31. The fourth-order valence-corrected chi connectivity index (χ4v) is 2.78. The van der Waals surface area contributed by atoms with E-state index in [9.17, 15) is 13.9 Å². The molecule has 0 bridgehead atoms. The molecule has 1 aliphatic rings. The molecule has 5 heteroatoms. The van der Waals surface area contributed by atoms with Gasteiger partial charge in [-0.3, -0.25) is 0 Å². The fraction of sp³-hybridized carbons (Fsp3) is 0.400. The lowest BCUT2D eigenvalue weighted by Gasteiger charge is -2.33. The molecule has 1 aromatic heterocycles. The monoisotopic (exact) mass is 278 g/mol. The van der Waals surface area contributed by atoms with Gasteiger partial charge in [0.15, 0.2) is 11.6 Å². The molecule has 3 rings (SSSR count). The summed E-state index contributed by atoms with van der Waals surface area (Å²) in [6.07, 6.45) is 1.28. The minimum Gasteiger partial charge on any atom is -0.391 e. The van der Waals surface area contributed by atoms with Gasteiger partial charge in [-0.1, -0.05) is 0 Å². The Kier molecular flexibility index (Phi) is 3.30. The van der Waals surface area contributed by atoms with E-state index in [1.165, 1.54) is 0 Å². The predicted molar refractivity (Wildman–Crippen MR) is 73.8 cm³/mol. The van der Waals surface area contributed by atoms with Crippen molar-refractivity contribution in [2.24, 2.45) is 0 Å². The number of aromatic nitrogens is 1. The molecule has 0 aliphatic carbocycles. The molecule has 1 atom stereocenters. The number of hydrogen-bond donors (Lipinski definition) is 1. The highest BCUT2D eigenvalue weighted by Gasteiger charge is 2.21. The number of halogens is 2. The van der Waals surface area contributed by atoms with Crippen molar-refractivity contribution in [1.82, 2.24) is 4.98 Å². The van der Waals surface area contributed by atoms with Crippen LogP contribution in [0.5, 0.6) is 0 Å². The summed E-state index contributed by atoms with van der Waals surface area (Å²) in [7, 11) is 0. The van der Waals surface area contributed by atoms with E-state index in [0.29, 0.717) is 17.6 Å². The molecule has 1 N–H and O–H groups in total. The number of hydrogen-bond acceptors (Lipinski definition) is 3. The molecule has 3 nitrogen and oxygen atoms in total. The number of anilines is 1.